The van der Waals surface area contributed by atoms with Gasteiger partial charge in [-0.05, 0) is 95.0 Å². The van der Waals surface area contributed by atoms with E-state index in [1.165, 1.54) is 71.4 Å². The van der Waals surface area contributed by atoms with E-state index in [9.17, 15) is 0 Å². The van der Waals surface area contributed by atoms with Crippen LogP contribution in [-0.4, -0.2) is 9.97 Å². The summed E-state index contributed by atoms with van der Waals surface area (Å²) < 4.78 is 0. The predicted octanol–water partition coefficient (Wildman–Crippen LogP) is 14.6. The lowest BCUT2D eigenvalue weighted by Crippen LogP contribution is -2.15. The van der Waals surface area contributed by atoms with Crippen molar-refractivity contribution >= 4 is 32.3 Å². The summed E-state index contributed by atoms with van der Waals surface area (Å²) in [6.07, 6.45) is 0. The first-order valence-electron chi connectivity index (χ1n) is 19.7. The van der Waals surface area contributed by atoms with Gasteiger partial charge in [0.25, 0.3) is 0 Å². The van der Waals surface area contributed by atoms with Crippen molar-refractivity contribution in [3.63, 3.8) is 0 Å². The van der Waals surface area contributed by atoms with Gasteiger partial charge in [0.05, 0.1) is 11.4 Å². The van der Waals surface area contributed by atoms with E-state index in [1.807, 2.05) is 18.2 Å². The van der Waals surface area contributed by atoms with E-state index in [0.717, 1.165) is 33.5 Å². The van der Waals surface area contributed by atoms with Crippen LogP contribution in [0.4, 0.5) is 0 Å². The summed E-state index contributed by atoms with van der Waals surface area (Å²) in [4.78, 5) is 10.3. The molecule has 2 nitrogen and oxygen atoms in total. The molecule has 2 heteroatoms. The number of hydrogen-bond acceptors (Lipinski definition) is 2. The Morgan fingerprint density at radius 1 is 0.333 bits per heavy atom. The summed E-state index contributed by atoms with van der Waals surface area (Å²) in [5.41, 5.74) is 15.2. The minimum atomic E-state index is -0.0763. The Balaban J connectivity index is 0.981. The first-order valence-corrected chi connectivity index (χ1v) is 19.7. The van der Waals surface area contributed by atoms with E-state index in [1.54, 1.807) is 0 Å². The van der Waals surface area contributed by atoms with Crippen molar-refractivity contribution in [1.82, 2.24) is 9.97 Å². The van der Waals surface area contributed by atoms with Crippen LogP contribution >= 0.6 is 0 Å². The van der Waals surface area contributed by atoms with Gasteiger partial charge < -0.3 is 0 Å². The first kappa shape index (κ1) is 33.2. The maximum absolute atomic E-state index is 5.21. The highest BCUT2D eigenvalue weighted by Gasteiger charge is 2.36. The van der Waals surface area contributed by atoms with E-state index in [4.69, 9.17) is 9.97 Å². The van der Waals surface area contributed by atoms with Gasteiger partial charge in [0, 0.05) is 22.1 Å². The van der Waals surface area contributed by atoms with E-state index >= 15 is 0 Å². The number of fused-ring (bicyclic) bond motifs is 7. The Morgan fingerprint density at radius 3 is 1.72 bits per heavy atom. The Labute approximate surface area is 332 Å². The van der Waals surface area contributed by atoms with Crippen LogP contribution in [0.2, 0.25) is 0 Å². The first-order chi connectivity index (χ1) is 28.0. The van der Waals surface area contributed by atoms with Gasteiger partial charge in [0.15, 0.2) is 5.82 Å². The molecule has 0 bridgehead atoms. The second kappa shape index (κ2) is 13.0. The molecule has 0 unspecified atom stereocenters. The fraction of sp³-hybridized carbons (Fsp3) is 0.0545. The van der Waals surface area contributed by atoms with Gasteiger partial charge in [-0.2, -0.15) is 0 Å². The highest BCUT2D eigenvalue weighted by molar-refractivity contribution is 6.05. The van der Waals surface area contributed by atoms with Crippen molar-refractivity contribution in [3.8, 4) is 67.3 Å². The second-order valence-electron chi connectivity index (χ2n) is 15.8. The topological polar surface area (TPSA) is 25.8 Å². The van der Waals surface area contributed by atoms with Crippen LogP contribution in [0.1, 0.15) is 25.0 Å². The van der Waals surface area contributed by atoms with Crippen LogP contribution in [0, 0.1) is 0 Å². The summed E-state index contributed by atoms with van der Waals surface area (Å²) in [6, 6.07) is 70.2. The highest BCUT2D eigenvalue weighted by atomic mass is 14.9. The zero-order valence-electron chi connectivity index (χ0n) is 31.9. The molecule has 57 heavy (non-hydrogen) atoms. The highest BCUT2D eigenvalue weighted by Crippen LogP contribution is 2.52. The zero-order chi connectivity index (χ0) is 38.1. The van der Waals surface area contributed by atoms with E-state index in [0.29, 0.717) is 5.82 Å². The quantitative estimate of drug-likeness (QED) is 0.176. The van der Waals surface area contributed by atoms with Crippen molar-refractivity contribution in [2.45, 2.75) is 19.3 Å². The predicted molar refractivity (Wildman–Crippen MR) is 239 cm³/mol. The summed E-state index contributed by atoms with van der Waals surface area (Å²) in [5.74, 6) is 0.715. The third-order valence-electron chi connectivity index (χ3n) is 12.1. The van der Waals surface area contributed by atoms with Gasteiger partial charge in [-0.1, -0.05) is 190 Å². The van der Waals surface area contributed by atoms with Gasteiger partial charge in [0.2, 0.25) is 0 Å². The van der Waals surface area contributed by atoms with Crippen molar-refractivity contribution in [1.29, 1.82) is 0 Å². The van der Waals surface area contributed by atoms with Crippen LogP contribution < -0.4 is 0 Å². The average molecular weight is 727 g/mol. The molecule has 0 radical (unpaired) electrons. The summed E-state index contributed by atoms with van der Waals surface area (Å²) in [7, 11) is 0. The lowest BCUT2D eigenvalue weighted by atomic mass is 9.81. The molecular weight excluding hydrogens is 689 g/mol. The van der Waals surface area contributed by atoms with E-state index in [-0.39, 0.29) is 5.41 Å². The van der Waals surface area contributed by atoms with Crippen molar-refractivity contribution in [2.75, 3.05) is 0 Å². The summed E-state index contributed by atoms with van der Waals surface area (Å²) >= 11 is 0. The maximum Gasteiger partial charge on any atom is 0.160 e. The SMILES string of the molecule is CC1(C)c2cc(-c3ccc(-c4ccc(-c5cc(-c6ccc7ccccc7c6)nc(-c6ccccc6)n5)c5ccccc45)cc3)ccc2-c2c1ccc1ccccc21. The van der Waals surface area contributed by atoms with Crippen LogP contribution in [0.15, 0.2) is 194 Å². The lowest BCUT2D eigenvalue weighted by Gasteiger charge is -2.22. The fourth-order valence-corrected chi connectivity index (χ4v) is 9.10. The molecule has 0 fully saturated rings. The molecular formula is C55H38N2. The minimum Gasteiger partial charge on any atom is -0.228 e. The molecule has 0 atom stereocenters. The van der Waals surface area contributed by atoms with E-state index in [2.05, 4.69) is 190 Å². The molecule has 11 rings (SSSR count). The fourth-order valence-electron chi connectivity index (χ4n) is 9.10. The maximum atomic E-state index is 5.21. The molecule has 0 aliphatic heterocycles. The Morgan fingerprint density at radius 2 is 0.912 bits per heavy atom. The van der Waals surface area contributed by atoms with Gasteiger partial charge in [-0.15, -0.1) is 0 Å². The van der Waals surface area contributed by atoms with Gasteiger partial charge in [-0.25, -0.2) is 9.97 Å². The van der Waals surface area contributed by atoms with Crippen molar-refractivity contribution < 1.29 is 0 Å². The molecule has 1 heterocycles. The third-order valence-corrected chi connectivity index (χ3v) is 12.1. The molecule has 0 N–H and O–H groups in total. The summed E-state index contributed by atoms with van der Waals surface area (Å²) in [6.45, 7) is 4.73. The number of rotatable bonds is 5. The molecule has 0 saturated heterocycles. The molecule has 0 saturated carbocycles. The van der Waals surface area contributed by atoms with Gasteiger partial charge >= 0.3 is 0 Å². The zero-order valence-corrected chi connectivity index (χ0v) is 31.9. The summed E-state index contributed by atoms with van der Waals surface area (Å²) in [5, 5.41) is 7.38. The Kier molecular flexibility index (Phi) is 7.55. The number of aromatic nitrogens is 2. The van der Waals surface area contributed by atoms with Crippen molar-refractivity contribution in [3.05, 3.63) is 205 Å². The Hall–Kier alpha value is -7.16. The molecule has 10 aromatic rings. The van der Waals surface area contributed by atoms with Crippen LogP contribution in [-0.2, 0) is 5.41 Å². The molecule has 1 aromatic heterocycles. The molecule has 1 aliphatic rings. The number of nitrogens with zero attached hydrogens (tertiary/aromatic N) is 2. The van der Waals surface area contributed by atoms with Crippen LogP contribution in [0.3, 0.4) is 0 Å². The minimum absolute atomic E-state index is 0.0763. The van der Waals surface area contributed by atoms with Gasteiger partial charge in [0.1, 0.15) is 0 Å². The molecule has 9 aromatic carbocycles. The number of hydrogen-bond donors (Lipinski definition) is 0. The van der Waals surface area contributed by atoms with Crippen LogP contribution in [0.25, 0.3) is 99.6 Å². The number of benzene rings is 9. The Bertz CT molecular complexity index is 3190. The third kappa shape index (κ3) is 5.48. The van der Waals surface area contributed by atoms with Crippen molar-refractivity contribution in [2.24, 2.45) is 0 Å². The van der Waals surface area contributed by atoms with E-state index < -0.39 is 0 Å². The monoisotopic (exact) mass is 726 g/mol. The lowest BCUT2D eigenvalue weighted by molar-refractivity contribution is 0.661. The molecule has 0 amide bonds. The van der Waals surface area contributed by atoms with Crippen LogP contribution in [0.5, 0.6) is 0 Å². The standard InChI is InChI=1S/C55H38N2/c1-55(2)49-31-27-37-13-8-9-17-44(37)53(49)48-28-26-41(33-50(48)55)36-20-23-38(24-21-36)43-29-30-47(46-19-11-10-18-45(43)46)52-34-51(56-54(57-52)39-14-4-3-5-15-39)42-25-22-35-12-6-7-16-40(35)32-42/h3-34H,1-2H3. The molecule has 268 valence electrons. The average Bonchev–Trinajstić information content (AvgIpc) is 3.51. The normalized spacial score (nSPS) is 12.9. The molecule has 1 aliphatic carbocycles. The largest absolute Gasteiger partial charge is 0.228 e. The van der Waals surface area contributed by atoms with Gasteiger partial charge in [-0.3, -0.25) is 0 Å². The molecule has 0 spiro atoms. The smallest absolute Gasteiger partial charge is 0.160 e. The second-order valence-corrected chi connectivity index (χ2v) is 15.8.